The fourth-order valence-corrected chi connectivity index (χ4v) is 3.34. The molecular weight excluding hydrogens is 294 g/mol. The lowest BCUT2D eigenvalue weighted by Gasteiger charge is -2.27. The van der Waals surface area contributed by atoms with Crippen molar-refractivity contribution in [2.75, 3.05) is 17.7 Å². The molecule has 1 aromatic carbocycles. The van der Waals surface area contributed by atoms with E-state index in [0.717, 1.165) is 47.2 Å². The van der Waals surface area contributed by atoms with E-state index in [1.54, 1.807) is 11.8 Å². The SMILES string of the molecule is CSc1nc2c3c(nn(C)c3n1)CCN2Cc1ccccc1. The largest absolute Gasteiger partial charge is 0.351 e. The maximum atomic E-state index is 4.77. The van der Waals surface area contributed by atoms with Crippen molar-refractivity contribution in [3.63, 3.8) is 0 Å². The average molecular weight is 311 g/mol. The Hall–Kier alpha value is -2.08. The summed E-state index contributed by atoms with van der Waals surface area (Å²) in [7, 11) is 1.96. The Kier molecular flexibility index (Phi) is 3.26. The summed E-state index contributed by atoms with van der Waals surface area (Å²) in [5, 5.41) is 6.53. The Morgan fingerprint density at radius 1 is 1.18 bits per heavy atom. The molecule has 0 bridgehead atoms. The number of benzene rings is 1. The second-order valence-corrected chi connectivity index (χ2v) is 6.23. The number of aromatic nitrogens is 4. The van der Waals surface area contributed by atoms with Crippen LogP contribution in [0.1, 0.15) is 11.3 Å². The molecule has 1 aliphatic heterocycles. The van der Waals surface area contributed by atoms with Crippen molar-refractivity contribution in [3.05, 3.63) is 41.6 Å². The quantitative estimate of drug-likeness (QED) is 0.550. The van der Waals surface area contributed by atoms with Crippen LogP contribution >= 0.6 is 11.8 Å². The van der Waals surface area contributed by atoms with Crippen LogP contribution in [0.2, 0.25) is 0 Å². The predicted molar refractivity (Wildman–Crippen MR) is 89.3 cm³/mol. The summed E-state index contributed by atoms with van der Waals surface area (Å²) in [6.07, 6.45) is 2.95. The third-order valence-corrected chi connectivity index (χ3v) is 4.58. The molecule has 1 aliphatic rings. The molecule has 0 aliphatic carbocycles. The Balaban J connectivity index is 1.83. The highest BCUT2D eigenvalue weighted by molar-refractivity contribution is 7.98. The van der Waals surface area contributed by atoms with E-state index in [4.69, 9.17) is 4.98 Å². The molecule has 0 amide bonds. The van der Waals surface area contributed by atoms with Crippen molar-refractivity contribution >= 4 is 28.6 Å². The van der Waals surface area contributed by atoms with Gasteiger partial charge in [-0.05, 0) is 11.8 Å². The standard InChI is InChI=1S/C16H17N5S/c1-20-14-13-12(19-20)8-9-21(10-11-6-4-3-5-7-11)15(13)18-16(17-14)22-2/h3-7H,8-10H2,1-2H3. The summed E-state index contributed by atoms with van der Waals surface area (Å²) in [4.78, 5) is 11.7. The van der Waals surface area contributed by atoms with E-state index >= 15 is 0 Å². The van der Waals surface area contributed by atoms with Gasteiger partial charge in [-0.25, -0.2) is 14.6 Å². The third kappa shape index (κ3) is 2.14. The van der Waals surface area contributed by atoms with E-state index in [2.05, 4.69) is 39.2 Å². The molecule has 0 saturated heterocycles. The van der Waals surface area contributed by atoms with Gasteiger partial charge in [-0.2, -0.15) is 5.10 Å². The topological polar surface area (TPSA) is 46.8 Å². The van der Waals surface area contributed by atoms with Crippen LogP contribution in [-0.4, -0.2) is 32.5 Å². The average Bonchev–Trinajstić information content (AvgIpc) is 2.88. The molecule has 3 aromatic rings. The van der Waals surface area contributed by atoms with Gasteiger partial charge in [-0.1, -0.05) is 42.1 Å². The summed E-state index contributed by atoms with van der Waals surface area (Å²) in [5.41, 5.74) is 3.35. The molecule has 5 nitrogen and oxygen atoms in total. The van der Waals surface area contributed by atoms with E-state index in [9.17, 15) is 0 Å². The van der Waals surface area contributed by atoms with Gasteiger partial charge < -0.3 is 4.90 Å². The second kappa shape index (κ2) is 5.28. The van der Waals surface area contributed by atoms with Crippen LogP contribution in [0.4, 0.5) is 5.82 Å². The maximum absolute atomic E-state index is 4.77. The molecule has 0 saturated carbocycles. The minimum Gasteiger partial charge on any atom is -0.351 e. The Morgan fingerprint density at radius 3 is 2.77 bits per heavy atom. The van der Waals surface area contributed by atoms with E-state index in [1.807, 2.05) is 24.1 Å². The van der Waals surface area contributed by atoms with Crippen molar-refractivity contribution in [2.24, 2.45) is 7.05 Å². The molecule has 0 radical (unpaired) electrons. The van der Waals surface area contributed by atoms with Gasteiger partial charge in [0.1, 0.15) is 5.82 Å². The summed E-state index contributed by atoms with van der Waals surface area (Å²) >= 11 is 1.57. The van der Waals surface area contributed by atoms with Gasteiger partial charge >= 0.3 is 0 Å². The first-order valence-corrected chi connectivity index (χ1v) is 8.55. The second-order valence-electron chi connectivity index (χ2n) is 5.46. The Bertz CT molecular complexity index is 827. The van der Waals surface area contributed by atoms with Gasteiger partial charge in [0.05, 0.1) is 11.1 Å². The van der Waals surface area contributed by atoms with Crippen molar-refractivity contribution in [1.82, 2.24) is 19.7 Å². The number of rotatable bonds is 3. The van der Waals surface area contributed by atoms with Gasteiger partial charge in [0, 0.05) is 26.6 Å². The number of aryl methyl sites for hydroxylation is 1. The number of hydrogen-bond donors (Lipinski definition) is 0. The van der Waals surface area contributed by atoms with Crippen LogP contribution in [0, 0.1) is 0 Å². The highest BCUT2D eigenvalue weighted by Crippen LogP contribution is 2.33. The van der Waals surface area contributed by atoms with E-state index in [0.29, 0.717) is 0 Å². The first-order valence-electron chi connectivity index (χ1n) is 7.33. The van der Waals surface area contributed by atoms with Crippen LogP contribution in [-0.2, 0) is 20.0 Å². The predicted octanol–water partition coefficient (Wildman–Crippen LogP) is 2.65. The van der Waals surface area contributed by atoms with E-state index in [1.165, 1.54) is 5.56 Å². The van der Waals surface area contributed by atoms with Gasteiger partial charge in [0.2, 0.25) is 0 Å². The number of anilines is 1. The normalized spacial score (nSPS) is 13.8. The molecular formula is C16H17N5S. The summed E-state index contributed by atoms with van der Waals surface area (Å²) < 4.78 is 1.88. The van der Waals surface area contributed by atoms with E-state index < -0.39 is 0 Å². The maximum Gasteiger partial charge on any atom is 0.191 e. The fourth-order valence-electron chi connectivity index (χ4n) is 2.99. The van der Waals surface area contributed by atoms with Gasteiger partial charge in [-0.15, -0.1) is 0 Å². The lowest BCUT2D eigenvalue weighted by Crippen LogP contribution is -2.29. The smallest absolute Gasteiger partial charge is 0.191 e. The van der Waals surface area contributed by atoms with Gasteiger partial charge in [0.25, 0.3) is 0 Å². The fraction of sp³-hybridized carbons (Fsp3) is 0.312. The van der Waals surface area contributed by atoms with Gasteiger partial charge in [0.15, 0.2) is 10.8 Å². The third-order valence-electron chi connectivity index (χ3n) is 4.03. The van der Waals surface area contributed by atoms with Crippen molar-refractivity contribution in [1.29, 1.82) is 0 Å². The zero-order valence-electron chi connectivity index (χ0n) is 12.7. The minimum absolute atomic E-state index is 0.803. The summed E-state index contributed by atoms with van der Waals surface area (Å²) in [6, 6.07) is 10.5. The minimum atomic E-state index is 0.803. The van der Waals surface area contributed by atoms with Crippen LogP contribution < -0.4 is 4.90 Å². The molecule has 0 spiro atoms. The van der Waals surface area contributed by atoms with Crippen molar-refractivity contribution in [3.8, 4) is 0 Å². The summed E-state index contributed by atoms with van der Waals surface area (Å²) in [5.74, 6) is 1.02. The molecule has 0 N–H and O–H groups in total. The van der Waals surface area contributed by atoms with Crippen LogP contribution in [0.25, 0.3) is 11.0 Å². The zero-order chi connectivity index (χ0) is 15.1. The van der Waals surface area contributed by atoms with Crippen LogP contribution in [0.5, 0.6) is 0 Å². The van der Waals surface area contributed by atoms with Gasteiger partial charge in [-0.3, -0.25) is 0 Å². The molecule has 0 unspecified atom stereocenters. The summed E-state index contributed by atoms with van der Waals surface area (Å²) in [6.45, 7) is 1.81. The molecule has 0 fully saturated rings. The Labute approximate surface area is 133 Å². The van der Waals surface area contributed by atoms with Crippen molar-refractivity contribution in [2.45, 2.75) is 18.1 Å². The zero-order valence-corrected chi connectivity index (χ0v) is 13.5. The molecule has 112 valence electrons. The lowest BCUT2D eigenvalue weighted by molar-refractivity contribution is 0.720. The molecule has 3 heterocycles. The highest BCUT2D eigenvalue weighted by Gasteiger charge is 2.25. The first-order chi connectivity index (χ1) is 10.8. The number of hydrogen-bond acceptors (Lipinski definition) is 5. The Morgan fingerprint density at radius 2 is 2.00 bits per heavy atom. The first kappa shape index (κ1) is 13.6. The molecule has 22 heavy (non-hydrogen) atoms. The number of thioether (sulfide) groups is 1. The molecule has 4 rings (SSSR count). The lowest BCUT2D eigenvalue weighted by atomic mass is 10.1. The molecule has 2 aromatic heterocycles. The molecule has 6 heteroatoms. The number of nitrogens with zero attached hydrogens (tertiary/aromatic N) is 5. The monoisotopic (exact) mass is 311 g/mol. The van der Waals surface area contributed by atoms with E-state index in [-0.39, 0.29) is 0 Å². The molecule has 0 atom stereocenters. The van der Waals surface area contributed by atoms with Crippen LogP contribution in [0.15, 0.2) is 35.5 Å². The van der Waals surface area contributed by atoms with Crippen molar-refractivity contribution < 1.29 is 0 Å². The van der Waals surface area contributed by atoms with Crippen LogP contribution in [0.3, 0.4) is 0 Å². The highest BCUT2D eigenvalue weighted by atomic mass is 32.2.